The van der Waals surface area contributed by atoms with Gasteiger partial charge in [-0.25, -0.2) is 8.42 Å². The zero-order chi connectivity index (χ0) is 13.3. The minimum Gasteiger partial charge on any atom is -0.508 e. The molecule has 0 unspecified atom stereocenters. The molecule has 4 nitrogen and oxygen atoms in total. The standard InChI is InChI=1S/C13H12O4S/c1-9-8-10(6-7-11(9)14)18(16,17)13-5-3-2-4-12(13)15/h2-8,14-15H,1H3. The second-order valence-electron chi connectivity index (χ2n) is 3.92. The predicted octanol–water partition coefficient (Wildman–Crippen LogP) is 2.24. The molecule has 2 N–H and O–H groups in total. The van der Waals surface area contributed by atoms with Gasteiger partial charge in [-0.15, -0.1) is 0 Å². The van der Waals surface area contributed by atoms with Gasteiger partial charge in [-0.1, -0.05) is 12.1 Å². The van der Waals surface area contributed by atoms with Gasteiger partial charge in [0.2, 0.25) is 9.84 Å². The number of hydrogen-bond acceptors (Lipinski definition) is 4. The van der Waals surface area contributed by atoms with Crippen molar-refractivity contribution in [2.45, 2.75) is 16.7 Å². The second-order valence-corrected chi connectivity index (χ2v) is 5.84. The molecule has 2 rings (SSSR count). The molecule has 0 aliphatic rings. The first-order chi connectivity index (χ1) is 8.43. The Labute approximate surface area is 105 Å². The van der Waals surface area contributed by atoms with Gasteiger partial charge in [-0.2, -0.15) is 0 Å². The Morgan fingerprint density at radius 2 is 1.61 bits per heavy atom. The summed E-state index contributed by atoms with van der Waals surface area (Å²) >= 11 is 0. The van der Waals surface area contributed by atoms with Gasteiger partial charge in [-0.05, 0) is 42.8 Å². The number of aromatic hydroxyl groups is 2. The summed E-state index contributed by atoms with van der Waals surface area (Å²) in [5.74, 6) is -0.255. The molecule has 0 radical (unpaired) electrons. The summed E-state index contributed by atoms with van der Waals surface area (Å²) in [5.41, 5.74) is 0.464. The lowest BCUT2D eigenvalue weighted by Crippen LogP contribution is -2.02. The van der Waals surface area contributed by atoms with E-state index in [1.807, 2.05) is 0 Å². The first-order valence-electron chi connectivity index (χ1n) is 5.25. The topological polar surface area (TPSA) is 74.6 Å². The molecule has 0 heterocycles. The Kier molecular flexibility index (Phi) is 3.00. The zero-order valence-corrected chi connectivity index (χ0v) is 10.5. The van der Waals surface area contributed by atoms with E-state index in [9.17, 15) is 18.6 Å². The molecular formula is C13H12O4S. The van der Waals surface area contributed by atoms with Crippen LogP contribution in [-0.4, -0.2) is 18.6 Å². The van der Waals surface area contributed by atoms with E-state index in [2.05, 4.69) is 0 Å². The molecular weight excluding hydrogens is 252 g/mol. The molecule has 0 aliphatic carbocycles. The van der Waals surface area contributed by atoms with E-state index >= 15 is 0 Å². The molecule has 94 valence electrons. The Morgan fingerprint density at radius 1 is 0.944 bits per heavy atom. The molecule has 18 heavy (non-hydrogen) atoms. The van der Waals surface area contributed by atoms with Gasteiger partial charge >= 0.3 is 0 Å². The molecule has 0 saturated heterocycles. The van der Waals surface area contributed by atoms with Gasteiger partial charge in [0.25, 0.3) is 0 Å². The first-order valence-corrected chi connectivity index (χ1v) is 6.74. The van der Waals surface area contributed by atoms with Crippen LogP contribution in [0.5, 0.6) is 11.5 Å². The molecule has 2 aromatic carbocycles. The minimum atomic E-state index is -3.77. The third kappa shape index (κ3) is 2.04. The van der Waals surface area contributed by atoms with Crippen LogP contribution in [0, 0.1) is 6.92 Å². The SMILES string of the molecule is Cc1cc(S(=O)(=O)c2ccccc2O)ccc1O. The van der Waals surface area contributed by atoms with E-state index in [1.165, 1.54) is 30.3 Å². The second kappa shape index (κ2) is 4.34. The summed E-state index contributed by atoms with van der Waals surface area (Å²) in [6.45, 7) is 1.61. The molecule has 0 atom stereocenters. The van der Waals surface area contributed by atoms with E-state index < -0.39 is 9.84 Å². The van der Waals surface area contributed by atoms with Gasteiger partial charge in [0.15, 0.2) is 0 Å². The van der Waals surface area contributed by atoms with Crippen LogP contribution < -0.4 is 0 Å². The van der Waals surface area contributed by atoms with Crippen LogP contribution >= 0.6 is 0 Å². The van der Waals surface area contributed by atoms with Crippen molar-refractivity contribution in [3.63, 3.8) is 0 Å². The van der Waals surface area contributed by atoms with Crippen LogP contribution in [0.15, 0.2) is 52.3 Å². The summed E-state index contributed by atoms with van der Waals surface area (Å²) in [6, 6.07) is 9.76. The fraction of sp³-hybridized carbons (Fsp3) is 0.0769. The lowest BCUT2D eigenvalue weighted by atomic mass is 10.2. The van der Waals surface area contributed by atoms with E-state index in [1.54, 1.807) is 19.1 Å². The molecule has 0 spiro atoms. The molecule has 0 amide bonds. The van der Waals surface area contributed by atoms with Gasteiger partial charge in [0, 0.05) is 0 Å². The summed E-state index contributed by atoms with van der Waals surface area (Å²) in [6.07, 6.45) is 0. The van der Waals surface area contributed by atoms with Gasteiger partial charge in [0.05, 0.1) is 4.90 Å². The number of para-hydroxylation sites is 1. The maximum absolute atomic E-state index is 12.3. The quantitative estimate of drug-likeness (QED) is 0.872. The number of sulfone groups is 1. The van der Waals surface area contributed by atoms with Crippen LogP contribution in [0.1, 0.15) is 5.56 Å². The van der Waals surface area contributed by atoms with Crippen molar-refractivity contribution in [2.24, 2.45) is 0 Å². The van der Waals surface area contributed by atoms with Gasteiger partial charge in [0.1, 0.15) is 16.4 Å². The number of hydrogen-bond donors (Lipinski definition) is 2. The normalized spacial score (nSPS) is 11.4. The lowest BCUT2D eigenvalue weighted by Gasteiger charge is -2.07. The summed E-state index contributed by atoms with van der Waals surface area (Å²) in [7, 11) is -3.77. The third-order valence-corrected chi connectivity index (χ3v) is 4.43. The Hall–Kier alpha value is -2.01. The van der Waals surface area contributed by atoms with E-state index in [-0.39, 0.29) is 21.3 Å². The van der Waals surface area contributed by atoms with Crippen molar-refractivity contribution >= 4 is 9.84 Å². The van der Waals surface area contributed by atoms with E-state index in [4.69, 9.17) is 0 Å². The van der Waals surface area contributed by atoms with Crippen molar-refractivity contribution in [1.82, 2.24) is 0 Å². The Bertz CT molecular complexity index is 690. The number of rotatable bonds is 2. The number of phenolic OH excluding ortho intramolecular Hbond substituents is 2. The van der Waals surface area contributed by atoms with Gasteiger partial charge < -0.3 is 10.2 Å². The van der Waals surface area contributed by atoms with Crippen molar-refractivity contribution in [3.8, 4) is 11.5 Å². The third-order valence-electron chi connectivity index (χ3n) is 2.63. The summed E-state index contributed by atoms with van der Waals surface area (Å²) in [4.78, 5) is -0.102. The van der Waals surface area contributed by atoms with E-state index in [0.717, 1.165) is 0 Å². The molecule has 5 heteroatoms. The number of phenols is 2. The van der Waals surface area contributed by atoms with Crippen LogP contribution in [-0.2, 0) is 9.84 Å². The van der Waals surface area contributed by atoms with Gasteiger partial charge in [-0.3, -0.25) is 0 Å². The molecule has 0 fully saturated rings. The highest BCUT2D eigenvalue weighted by Gasteiger charge is 2.21. The highest BCUT2D eigenvalue weighted by atomic mass is 32.2. The van der Waals surface area contributed by atoms with Crippen molar-refractivity contribution in [2.75, 3.05) is 0 Å². The number of benzene rings is 2. The zero-order valence-electron chi connectivity index (χ0n) is 9.66. The summed E-state index contributed by atoms with van der Waals surface area (Å²) < 4.78 is 24.6. The average Bonchev–Trinajstić information content (AvgIpc) is 2.33. The van der Waals surface area contributed by atoms with Crippen LogP contribution in [0.25, 0.3) is 0 Å². The molecule has 0 aliphatic heterocycles. The molecule has 2 aromatic rings. The van der Waals surface area contributed by atoms with Crippen LogP contribution in [0.4, 0.5) is 0 Å². The lowest BCUT2D eigenvalue weighted by molar-refractivity contribution is 0.458. The van der Waals surface area contributed by atoms with Crippen molar-refractivity contribution < 1.29 is 18.6 Å². The maximum atomic E-state index is 12.3. The van der Waals surface area contributed by atoms with Crippen molar-refractivity contribution in [3.05, 3.63) is 48.0 Å². The summed E-state index contributed by atoms with van der Waals surface area (Å²) in [5, 5.41) is 19.0. The highest BCUT2D eigenvalue weighted by Crippen LogP contribution is 2.30. The fourth-order valence-electron chi connectivity index (χ4n) is 1.61. The monoisotopic (exact) mass is 264 g/mol. The van der Waals surface area contributed by atoms with Crippen LogP contribution in [0.2, 0.25) is 0 Å². The Morgan fingerprint density at radius 3 is 2.22 bits per heavy atom. The minimum absolute atomic E-state index is 0.0335. The highest BCUT2D eigenvalue weighted by molar-refractivity contribution is 7.91. The largest absolute Gasteiger partial charge is 0.508 e. The fourth-order valence-corrected chi connectivity index (χ4v) is 3.04. The average molecular weight is 264 g/mol. The Balaban J connectivity index is 2.62. The maximum Gasteiger partial charge on any atom is 0.210 e. The first kappa shape index (κ1) is 12.4. The molecule has 0 aromatic heterocycles. The van der Waals surface area contributed by atoms with Crippen molar-refractivity contribution in [1.29, 1.82) is 0 Å². The molecule has 0 bridgehead atoms. The van der Waals surface area contributed by atoms with E-state index in [0.29, 0.717) is 5.56 Å². The smallest absolute Gasteiger partial charge is 0.210 e. The number of aryl methyl sites for hydroxylation is 1. The molecule has 0 saturated carbocycles. The predicted molar refractivity (Wildman–Crippen MR) is 66.4 cm³/mol. The van der Waals surface area contributed by atoms with Crippen LogP contribution in [0.3, 0.4) is 0 Å².